The van der Waals surface area contributed by atoms with Gasteiger partial charge in [-0.1, -0.05) is 45.0 Å². The number of thiophene rings is 1. The summed E-state index contributed by atoms with van der Waals surface area (Å²) in [7, 11) is 0. The van der Waals surface area contributed by atoms with Crippen molar-refractivity contribution in [3.05, 3.63) is 57.3 Å². The summed E-state index contributed by atoms with van der Waals surface area (Å²) in [5.74, 6) is -0.0356. The summed E-state index contributed by atoms with van der Waals surface area (Å²) in [6.07, 6.45) is 1.71. The molecule has 29 heavy (non-hydrogen) atoms. The van der Waals surface area contributed by atoms with Gasteiger partial charge in [0, 0.05) is 23.4 Å². The van der Waals surface area contributed by atoms with Crippen molar-refractivity contribution in [3.63, 3.8) is 0 Å². The monoisotopic (exact) mass is 412 g/mol. The van der Waals surface area contributed by atoms with Crippen molar-refractivity contribution in [3.8, 4) is 0 Å². The fourth-order valence-corrected chi connectivity index (χ4v) is 4.96. The lowest BCUT2D eigenvalue weighted by molar-refractivity contribution is -0.145. The minimum absolute atomic E-state index is 0.0319. The Hall–Kier alpha value is -2.14. The van der Waals surface area contributed by atoms with Gasteiger partial charge in [0.15, 0.2) is 0 Å². The molecule has 2 aromatic rings. The first-order valence-corrected chi connectivity index (χ1v) is 11.4. The first kappa shape index (κ1) is 21.6. The summed E-state index contributed by atoms with van der Waals surface area (Å²) in [5.41, 5.74) is 3.59. The predicted octanol–water partition coefficient (Wildman–Crippen LogP) is 4.81. The van der Waals surface area contributed by atoms with Crippen LogP contribution in [0.25, 0.3) is 0 Å². The van der Waals surface area contributed by atoms with Crippen LogP contribution in [0.5, 0.6) is 0 Å². The minimum Gasteiger partial charge on any atom is -0.330 e. The number of hydrogen-bond acceptors (Lipinski definition) is 3. The number of fused-ring (bicyclic) bond motifs is 1. The summed E-state index contributed by atoms with van der Waals surface area (Å²) in [4.78, 5) is 31.4. The van der Waals surface area contributed by atoms with Crippen molar-refractivity contribution in [1.29, 1.82) is 0 Å². The summed E-state index contributed by atoms with van der Waals surface area (Å²) < 4.78 is 0. The van der Waals surface area contributed by atoms with Gasteiger partial charge >= 0.3 is 0 Å². The highest BCUT2D eigenvalue weighted by Gasteiger charge is 2.35. The molecule has 2 amide bonds. The minimum atomic E-state index is -0.117. The van der Waals surface area contributed by atoms with Crippen LogP contribution in [0.4, 0.5) is 0 Å². The first-order valence-electron chi connectivity index (χ1n) is 10.6. The van der Waals surface area contributed by atoms with Crippen LogP contribution in [-0.2, 0) is 16.0 Å². The van der Waals surface area contributed by atoms with Gasteiger partial charge in [-0.05, 0) is 54.8 Å². The topological polar surface area (TPSA) is 40.6 Å². The summed E-state index contributed by atoms with van der Waals surface area (Å²) in [6.45, 7) is 10.8. The van der Waals surface area contributed by atoms with E-state index in [0.717, 1.165) is 12.8 Å². The van der Waals surface area contributed by atoms with Crippen molar-refractivity contribution >= 4 is 23.2 Å². The molecule has 4 nitrogen and oxygen atoms in total. The van der Waals surface area contributed by atoms with Crippen molar-refractivity contribution in [2.24, 2.45) is 5.92 Å². The molecule has 1 aliphatic rings. The zero-order chi connectivity index (χ0) is 21.1. The lowest BCUT2D eigenvalue weighted by atomic mass is 9.90. The van der Waals surface area contributed by atoms with Crippen LogP contribution in [-0.4, -0.2) is 40.7 Å². The Bertz CT molecular complexity index is 873. The molecular weight excluding hydrogens is 380 g/mol. The van der Waals surface area contributed by atoms with E-state index in [2.05, 4.69) is 37.4 Å². The Labute approximate surface area is 178 Å². The maximum absolute atomic E-state index is 13.5. The van der Waals surface area contributed by atoms with Crippen LogP contribution in [0.3, 0.4) is 0 Å². The van der Waals surface area contributed by atoms with Gasteiger partial charge in [0.25, 0.3) is 0 Å². The fourth-order valence-electron chi connectivity index (χ4n) is 4.05. The molecule has 0 unspecified atom stereocenters. The number of benzene rings is 1. The highest BCUT2D eigenvalue weighted by Crippen LogP contribution is 2.39. The molecule has 2 atom stereocenters. The summed E-state index contributed by atoms with van der Waals surface area (Å²) in [6, 6.07) is 10.4. The van der Waals surface area contributed by atoms with E-state index in [4.69, 9.17) is 0 Å². The molecule has 0 radical (unpaired) electrons. The van der Waals surface area contributed by atoms with E-state index in [9.17, 15) is 9.59 Å². The van der Waals surface area contributed by atoms with Crippen LogP contribution in [0.15, 0.2) is 35.7 Å². The highest BCUT2D eigenvalue weighted by atomic mass is 32.1. The summed E-state index contributed by atoms with van der Waals surface area (Å²) in [5, 5.41) is 2.12. The standard InChI is InChI=1S/C24H32N2O2S/c1-6-18(5)26(24(28)16(2)3)15-22(27)25-13-11-21-20(12-14-29-21)23(25)19-10-8-7-9-17(19)4/h7-10,12,14,16,18,23H,6,11,13,15H2,1-5H3/t18-,23-/m0/s1. The zero-order valence-electron chi connectivity index (χ0n) is 18.1. The Morgan fingerprint density at radius 2 is 1.90 bits per heavy atom. The van der Waals surface area contributed by atoms with Crippen LogP contribution in [0.2, 0.25) is 0 Å². The Morgan fingerprint density at radius 1 is 1.17 bits per heavy atom. The number of rotatable bonds is 6. The van der Waals surface area contributed by atoms with E-state index in [-0.39, 0.29) is 36.4 Å². The third-order valence-electron chi connectivity index (χ3n) is 5.97. The third kappa shape index (κ3) is 4.40. The average Bonchev–Trinajstić information content (AvgIpc) is 3.19. The van der Waals surface area contributed by atoms with Gasteiger partial charge in [0.1, 0.15) is 6.54 Å². The van der Waals surface area contributed by atoms with Crippen molar-refractivity contribution in [2.45, 2.75) is 59.5 Å². The highest BCUT2D eigenvalue weighted by molar-refractivity contribution is 7.10. The molecular formula is C24H32N2O2S. The zero-order valence-corrected chi connectivity index (χ0v) is 19.0. The Balaban J connectivity index is 1.94. The quantitative estimate of drug-likeness (QED) is 0.683. The molecule has 156 valence electrons. The van der Waals surface area contributed by atoms with E-state index in [1.807, 2.05) is 37.8 Å². The maximum Gasteiger partial charge on any atom is 0.243 e. The third-order valence-corrected chi connectivity index (χ3v) is 6.97. The van der Waals surface area contributed by atoms with Gasteiger partial charge in [-0.2, -0.15) is 0 Å². The molecule has 3 rings (SSSR count). The fraction of sp³-hybridized carbons (Fsp3) is 0.500. The van der Waals surface area contributed by atoms with E-state index < -0.39 is 0 Å². The molecule has 0 bridgehead atoms. The van der Waals surface area contributed by atoms with Crippen molar-refractivity contribution in [1.82, 2.24) is 9.80 Å². The predicted molar refractivity (Wildman–Crippen MR) is 119 cm³/mol. The number of carbonyl (C=O) groups excluding carboxylic acids is 2. The summed E-state index contributed by atoms with van der Waals surface area (Å²) >= 11 is 1.77. The van der Waals surface area contributed by atoms with Gasteiger partial charge < -0.3 is 9.80 Å². The molecule has 1 aromatic heterocycles. The molecule has 0 saturated carbocycles. The Morgan fingerprint density at radius 3 is 2.55 bits per heavy atom. The molecule has 0 spiro atoms. The normalized spacial score (nSPS) is 17.2. The van der Waals surface area contributed by atoms with Gasteiger partial charge in [-0.3, -0.25) is 9.59 Å². The SMILES string of the molecule is CC[C@H](C)N(CC(=O)N1CCc2sccc2[C@@H]1c1ccccc1C)C(=O)C(C)C. The van der Waals surface area contributed by atoms with Crippen molar-refractivity contribution in [2.75, 3.05) is 13.1 Å². The van der Waals surface area contributed by atoms with E-state index in [1.165, 1.54) is 21.6 Å². The van der Waals surface area contributed by atoms with Gasteiger partial charge in [-0.25, -0.2) is 0 Å². The largest absolute Gasteiger partial charge is 0.330 e. The number of hydrogen-bond donors (Lipinski definition) is 0. The van der Waals surface area contributed by atoms with Crippen LogP contribution in [0.1, 0.15) is 61.7 Å². The molecule has 1 aliphatic heterocycles. The lowest BCUT2D eigenvalue weighted by Crippen LogP contribution is -2.50. The second-order valence-electron chi connectivity index (χ2n) is 8.27. The van der Waals surface area contributed by atoms with Crippen molar-refractivity contribution < 1.29 is 9.59 Å². The van der Waals surface area contributed by atoms with Gasteiger partial charge in [0.05, 0.1) is 6.04 Å². The van der Waals surface area contributed by atoms with E-state index in [0.29, 0.717) is 6.54 Å². The first-order chi connectivity index (χ1) is 13.8. The smallest absolute Gasteiger partial charge is 0.243 e. The number of amides is 2. The molecule has 0 fully saturated rings. The maximum atomic E-state index is 13.5. The molecule has 0 saturated heterocycles. The second kappa shape index (κ2) is 9.12. The number of aryl methyl sites for hydroxylation is 1. The van der Waals surface area contributed by atoms with Crippen LogP contribution < -0.4 is 0 Å². The van der Waals surface area contributed by atoms with E-state index in [1.54, 1.807) is 16.2 Å². The van der Waals surface area contributed by atoms with Gasteiger partial charge in [0.2, 0.25) is 11.8 Å². The molecule has 5 heteroatoms. The lowest BCUT2D eigenvalue weighted by Gasteiger charge is -2.39. The number of carbonyl (C=O) groups is 2. The number of nitrogens with zero attached hydrogens (tertiary/aromatic N) is 2. The van der Waals surface area contributed by atoms with E-state index >= 15 is 0 Å². The van der Waals surface area contributed by atoms with Crippen LogP contribution in [0, 0.1) is 12.8 Å². The van der Waals surface area contributed by atoms with Gasteiger partial charge in [-0.15, -0.1) is 11.3 Å². The molecule has 1 aromatic carbocycles. The molecule has 2 heterocycles. The Kier molecular flexibility index (Phi) is 6.78. The van der Waals surface area contributed by atoms with Crippen LogP contribution >= 0.6 is 11.3 Å². The average molecular weight is 413 g/mol. The molecule has 0 aliphatic carbocycles. The molecule has 0 N–H and O–H groups in total. The second-order valence-corrected chi connectivity index (χ2v) is 9.27.